The van der Waals surface area contributed by atoms with Gasteiger partial charge >= 0.3 is 0 Å². The number of rotatable bonds is 2. The molecule has 0 saturated carbocycles. The smallest absolute Gasteiger partial charge is 0.129 e. The first-order valence-electron chi connectivity index (χ1n) is 4.74. The fraction of sp³-hybridized carbons (Fsp3) is 0.0833. The molecule has 4 heteroatoms. The molecule has 2 rings (SSSR count). The van der Waals surface area contributed by atoms with Crippen molar-refractivity contribution in [2.24, 2.45) is 0 Å². The molecule has 0 aliphatic heterocycles. The predicted molar refractivity (Wildman–Crippen MR) is 61.8 cm³/mol. The molecule has 0 saturated heterocycles. The zero-order valence-electron chi connectivity index (χ0n) is 8.39. The van der Waals surface area contributed by atoms with Gasteiger partial charge in [0.25, 0.3) is 0 Å². The molecule has 0 bridgehead atoms. The number of nitriles is 1. The van der Waals surface area contributed by atoms with Crippen LogP contribution < -0.4 is 0 Å². The van der Waals surface area contributed by atoms with Crippen LogP contribution in [0.3, 0.4) is 0 Å². The molecule has 2 aromatic heterocycles. The predicted octanol–water partition coefficient (Wildman–Crippen LogP) is 2.86. The first kappa shape index (κ1) is 10.6. The minimum Gasteiger partial charge on any atom is -0.265 e. The lowest BCUT2D eigenvalue weighted by atomic mass is 10.1. The number of hydrogen-bond donors (Lipinski definition) is 0. The SMILES string of the molecule is N#CCc1ccc(Cl)nc1-c1ccncc1. The van der Waals surface area contributed by atoms with Crippen molar-refractivity contribution in [1.82, 2.24) is 9.97 Å². The molecule has 0 atom stereocenters. The van der Waals surface area contributed by atoms with E-state index < -0.39 is 0 Å². The Labute approximate surface area is 98.4 Å². The lowest BCUT2D eigenvalue weighted by molar-refractivity contribution is 1.19. The molecule has 2 heterocycles. The molecule has 0 N–H and O–H groups in total. The largest absolute Gasteiger partial charge is 0.265 e. The van der Waals surface area contributed by atoms with E-state index in [0.717, 1.165) is 16.8 Å². The molecule has 0 aliphatic carbocycles. The van der Waals surface area contributed by atoms with Crippen LogP contribution in [0, 0.1) is 11.3 Å². The van der Waals surface area contributed by atoms with Crippen LogP contribution in [0.4, 0.5) is 0 Å². The van der Waals surface area contributed by atoms with E-state index in [2.05, 4.69) is 16.0 Å². The van der Waals surface area contributed by atoms with E-state index in [1.807, 2.05) is 18.2 Å². The Morgan fingerprint density at radius 1 is 1.19 bits per heavy atom. The quantitative estimate of drug-likeness (QED) is 0.744. The molecule has 0 amide bonds. The first-order chi connectivity index (χ1) is 7.81. The van der Waals surface area contributed by atoms with Gasteiger partial charge in [0.1, 0.15) is 5.15 Å². The second-order valence-corrected chi connectivity index (χ2v) is 3.60. The first-order valence-corrected chi connectivity index (χ1v) is 5.12. The van der Waals surface area contributed by atoms with Crippen molar-refractivity contribution in [1.29, 1.82) is 5.26 Å². The van der Waals surface area contributed by atoms with Crippen molar-refractivity contribution in [3.05, 3.63) is 47.4 Å². The normalized spacial score (nSPS) is 9.75. The van der Waals surface area contributed by atoms with E-state index in [0.29, 0.717) is 11.6 Å². The summed E-state index contributed by atoms with van der Waals surface area (Å²) >= 11 is 5.86. The number of hydrogen-bond acceptors (Lipinski definition) is 3. The highest BCUT2D eigenvalue weighted by molar-refractivity contribution is 6.29. The highest BCUT2D eigenvalue weighted by Gasteiger charge is 2.07. The Hall–Kier alpha value is -1.92. The minimum absolute atomic E-state index is 0.321. The van der Waals surface area contributed by atoms with Gasteiger partial charge in [0.05, 0.1) is 18.2 Å². The number of pyridine rings is 2. The summed E-state index contributed by atoms with van der Waals surface area (Å²) < 4.78 is 0. The number of aromatic nitrogens is 2. The summed E-state index contributed by atoms with van der Waals surface area (Å²) in [6, 6.07) is 9.33. The van der Waals surface area contributed by atoms with Crippen LogP contribution in [-0.4, -0.2) is 9.97 Å². The number of nitrogens with zero attached hydrogens (tertiary/aromatic N) is 3. The van der Waals surface area contributed by atoms with E-state index in [4.69, 9.17) is 16.9 Å². The maximum absolute atomic E-state index is 8.74. The van der Waals surface area contributed by atoms with Gasteiger partial charge in [-0.2, -0.15) is 5.26 Å². The van der Waals surface area contributed by atoms with Crippen LogP contribution in [0.1, 0.15) is 5.56 Å². The Morgan fingerprint density at radius 2 is 1.94 bits per heavy atom. The third kappa shape index (κ3) is 2.18. The summed E-state index contributed by atoms with van der Waals surface area (Å²) in [7, 11) is 0. The molecule has 16 heavy (non-hydrogen) atoms. The van der Waals surface area contributed by atoms with Crippen molar-refractivity contribution in [3.8, 4) is 17.3 Å². The van der Waals surface area contributed by atoms with Gasteiger partial charge in [-0.1, -0.05) is 17.7 Å². The summed E-state index contributed by atoms with van der Waals surface area (Å²) in [6.45, 7) is 0. The van der Waals surface area contributed by atoms with Crippen molar-refractivity contribution in [2.45, 2.75) is 6.42 Å². The average Bonchev–Trinajstić information content (AvgIpc) is 2.33. The van der Waals surface area contributed by atoms with E-state index in [1.54, 1.807) is 18.5 Å². The third-order valence-electron chi connectivity index (χ3n) is 2.17. The van der Waals surface area contributed by atoms with Crippen LogP contribution >= 0.6 is 11.6 Å². The van der Waals surface area contributed by atoms with Gasteiger partial charge in [0.2, 0.25) is 0 Å². The summed E-state index contributed by atoms with van der Waals surface area (Å²) in [5.41, 5.74) is 2.54. The van der Waals surface area contributed by atoms with Crippen LogP contribution in [-0.2, 0) is 6.42 Å². The van der Waals surface area contributed by atoms with Gasteiger partial charge < -0.3 is 0 Å². The van der Waals surface area contributed by atoms with Crippen LogP contribution in [0.15, 0.2) is 36.7 Å². The van der Waals surface area contributed by atoms with Crippen LogP contribution in [0.2, 0.25) is 5.15 Å². The molecular weight excluding hydrogens is 222 g/mol. The fourth-order valence-corrected chi connectivity index (χ4v) is 1.60. The monoisotopic (exact) mass is 229 g/mol. The molecule has 3 nitrogen and oxygen atoms in total. The fourth-order valence-electron chi connectivity index (χ4n) is 1.45. The average molecular weight is 230 g/mol. The number of halogens is 1. The summed E-state index contributed by atoms with van der Waals surface area (Å²) in [4.78, 5) is 8.19. The Bertz CT molecular complexity index is 532. The van der Waals surface area contributed by atoms with Crippen LogP contribution in [0.5, 0.6) is 0 Å². The zero-order chi connectivity index (χ0) is 11.4. The summed E-state index contributed by atoms with van der Waals surface area (Å²) in [5.74, 6) is 0. The van der Waals surface area contributed by atoms with E-state index in [-0.39, 0.29) is 0 Å². The van der Waals surface area contributed by atoms with Gasteiger partial charge in [-0.25, -0.2) is 4.98 Å². The van der Waals surface area contributed by atoms with Crippen molar-refractivity contribution in [2.75, 3.05) is 0 Å². The zero-order valence-corrected chi connectivity index (χ0v) is 9.15. The molecule has 78 valence electrons. The van der Waals surface area contributed by atoms with Gasteiger partial charge in [0.15, 0.2) is 0 Å². The second-order valence-electron chi connectivity index (χ2n) is 3.21. The summed E-state index contributed by atoms with van der Waals surface area (Å²) in [5, 5.41) is 9.16. The molecule has 2 aromatic rings. The van der Waals surface area contributed by atoms with Crippen molar-refractivity contribution in [3.63, 3.8) is 0 Å². The maximum atomic E-state index is 8.74. The van der Waals surface area contributed by atoms with Crippen molar-refractivity contribution < 1.29 is 0 Å². The topological polar surface area (TPSA) is 49.6 Å². The maximum Gasteiger partial charge on any atom is 0.129 e. The molecule has 0 aromatic carbocycles. The molecule has 0 unspecified atom stereocenters. The van der Waals surface area contributed by atoms with Crippen LogP contribution in [0.25, 0.3) is 11.3 Å². The third-order valence-corrected chi connectivity index (χ3v) is 2.38. The lowest BCUT2D eigenvalue weighted by Gasteiger charge is -2.05. The van der Waals surface area contributed by atoms with Crippen molar-refractivity contribution >= 4 is 11.6 Å². The van der Waals surface area contributed by atoms with E-state index in [1.165, 1.54) is 0 Å². The van der Waals surface area contributed by atoms with E-state index in [9.17, 15) is 0 Å². The molecule has 0 radical (unpaired) electrons. The van der Waals surface area contributed by atoms with Gasteiger partial charge in [-0.3, -0.25) is 4.98 Å². The van der Waals surface area contributed by atoms with Gasteiger partial charge in [-0.05, 0) is 23.8 Å². The lowest BCUT2D eigenvalue weighted by Crippen LogP contribution is -1.93. The molecular formula is C12H8ClN3. The highest BCUT2D eigenvalue weighted by atomic mass is 35.5. The standard InChI is InChI=1S/C12H8ClN3/c13-11-2-1-9(3-6-14)12(16-11)10-4-7-15-8-5-10/h1-2,4-5,7-8H,3H2. The minimum atomic E-state index is 0.321. The van der Waals surface area contributed by atoms with Gasteiger partial charge in [0, 0.05) is 18.0 Å². The Kier molecular flexibility index (Phi) is 3.13. The molecule has 0 fully saturated rings. The Morgan fingerprint density at radius 3 is 2.62 bits per heavy atom. The van der Waals surface area contributed by atoms with E-state index >= 15 is 0 Å². The Balaban J connectivity index is 2.55. The molecule has 0 spiro atoms. The van der Waals surface area contributed by atoms with Gasteiger partial charge in [-0.15, -0.1) is 0 Å². The highest BCUT2D eigenvalue weighted by Crippen LogP contribution is 2.23. The molecule has 0 aliphatic rings. The summed E-state index contributed by atoms with van der Waals surface area (Å²) in [6.07, 6.45) is 3.70. The second kappa shape index (κ2) is 4.73.